The third kappa shape index (κ3) is 2.14. The maximum Gasteiger partial charge on any atom is 0.255 e. The number of hydrogen-bond donors (Lipinski definition) is 1. The molecule has 0 unspecified atom stereocenters. The van der Waals surface area contributed by atoms with Crippen molar-refractivity contribution in [3.8, 4) is 0 Å². The van der Waals surface area contributed by atoms with Crippen molar-refractivity contribution in [3.05, 3.63) is 46.4 Å². The Morgan fingerprint density at radius 2 is 1.74 bits per heavy atom. The molecular formula is C15H16N2O2. The second-order valence-electron chi connectivity index (χ2n) is 4.93. The summed E-state index contributed by atoms with van der Waals surface area (Å²) in [6, 6.07) is 7.25. The molecule has 0 aliphatic carbocycles. The summed E-state index contributed by atoms with van der Waals surface area (Å²) in [6.07, 6.45) is 4.86. The van der Waals surface area contributed by atoms with Crippen LogP contribution in [-0.4, -0.2) is 28.9 Å². The first-order valence-corrected chi connectivity index (χ1v) is 6.67. The van der Waals surface area contributed by atoms with Crippen LogP contribution in [0.4, 0.5) is 0 Å². The van der Waals surface area contributed by atoms with E-state index in [2.05, 4.69) is 4.98 Å². The lowest BCUT2D eigenvalue weighted by atomic mass is 10.0. The van der Waals surface area contributed by atoms with Gasteiger partial charge in [0.25, 0.3) is 11.5 Å². The van der Waals surface area contributed by atoms with Crippen molar-refractivity contribution in [3.63, 3.8) is 0 Å². The predicted molar refractivity (Wildman–Crippen MR) is 74.3 cm³/mol. The number of nitrogens with zero attached hydrogens (tertiary/aromatic N) is 1. The molecule has 1 saturated heterocycles. The van der Waals surface area contributed by atoms with Gasteiger partial charge in [-0.2, -0.15) is 0 Å². The monoisotopic (exact) mass is 256 g/mol. The number of aromatic nitrogens is 1. The number of amides is 1. The van der Waals surface area contributed by atoms with Gasteiger partial charge in [-0.15, -0.1) is 0 Å². The molecule has 19 heavy (non-hydrogen) atoms. The number of piperidine rings is 1. The van der Waals surface area contributed by atoms with Crippen molar-refractivity contribution < 1.29 is 4.79 Å². The highest BCUT2D eigenvalue weighted by Gasteiger charge is 2.20. The number of rotatable bonds is 1. The van der Waals surface area contributed by atoms with Crippen LogP contribution in [0.2, 0.25) is 0 Å². The average Bonchev–Trinajstić information content (AvgIpc) is 2.48. The van der Waals surface area contributed by atoms with Gasteiger partial charge in [-0.25, -0.2) is 0 Å². The molecular weight excluding hydrogens is 240 g/mol. The molecule has 0 atom stereocenters. The first kappa shape index (κ1) is 12.0. The van der Waals surface area contributed by atoms with Gasteiger partial charge in [0, 0.05) is 30.1 Å². The molecule has 4 nitrogen and oxygen atoms in total. The van der Waals surface area contributed by atoms with E-state index < -0.39 is 0 Å². The average molecular weight is 256 g/mol. The Kier molecular flexibility index (Phi) is 3.07. The summed E-state index contributed by atoms with van der Waals surface area (Å²) >= 11 is 0. The Bertz CT molecular complexity index is 669. The van der Waals surface area contributed by atoms with Crippen LogP contribution in [-0.2, 0) is 0 Å². The van der Waals surface area contributed by atoms with Crippen molar-refractivity contribution in [2.24, 2.45) is 0 Å². The van der Waals surface area contributed by atoms with Crippen LogP contribution in [0.1, 0.15) is 29.6 Å². The van der Waals surface area contributed by atoms with Crippen molar-refractivity contribution >= 4 is 16.7 Å². The topological polar surface area (TPSA) is 53.2 Å². The Hall–Kier alpha value is -2.10. The van der Waals surface area contributed by atoms with Gasteiger partial charge in [0.2, 0.25) is 0 Å². The fraction of sp³-hybridized carbons (Fsp3) is 0.333. The molecule has 0 radical (unpaired) electrons. The molecule has 0 spiro atoms. The van der Waals surface area contributed by atoms with Crippen LogP contribution >= 0.6 is 0 Å². The van der Waals surface area contributed by atoms with E-state index in [9.17, 15) is 9.59 Å². The van der Waals surface area contributed by atoms with E-state index in [-0.39, 0.29) is 11.5 Å². The third-order valence-corrected chi connectivity index (χ3v) is 3.68. The zero-order valence-electron chi connectivity index (χ0n) is 10.7. The van der Waals surface area contributed by atoms with Crippen molar-refractivity contribution in [1.82, 2.24) is 9.88 Å². The summed E-state index contributed by atoms with van der Waals surface area (Å²) in [7, 11) is 0. The van der Waals surface area contributed by atoms with Crippen molar-refractivity contribution in [2.45, 2.75) is 19.3 Å². The normalized spacial score (nSPS) is 15.7. The summed E-state index contributed by atoms with van der Waals surface area (Å²) in [4.78, 5) is 28.8. The Morgan fingerprint density at radius 3 is 2.47 bits per heavy atom. The predicted octanol–water partition coefficient (Wildman–Crippen LogP) is 2.15. The van der Waals surface area contributed by atoms with Gasteiger partial charge >= 0.3 is 0 Å². The quantitative estimate of drug-likeness (QED) is 0.850. The number of carbonyl (C=O) groups is 1. The fourth-order valence-electron chi connectivity index (χ4n) is 2.65. The zero-order valence-corrected chi connectivity index (χ0v) is 10.7. The molecule has 1 aromatic carbocycles. The third-order valence-electron chi connectivity index (χ3n) is 3.68. The highest BCUT2D eigenvalue weighted by atomic mass is 16.2. The van der Waals surface area contributed by atoms with Gasteiger partial charge in [-0.3, -0.25) is 9.59 Å². The van der Waals surface area contributed by atoms with Gasteiger partial charge in [0.05, 0.1) is 5.56 Å². The highest BCUT2D eigenvalue weighted by Crippen LogP contribution is 2.18. The van der Waals surface area contributed by atoms with E-state index in [1.807, 2.05) is 23.1 Å². The minimum Gasteiger partial charge on any atom is -0.339 e. The maximum atomic E-state index is 12.5. The molecule has 1 aliphatic rings. The minimum absolute atomic E-state index is 0.0205. The smallest absolute Gasteiger partial charge is 0.255 e. The molecule has 1 amide bonds. The number of pyridine rings is 1. The Morgan fingerprint density at radius 1 is 1.05 bits per heavy atom. The number of fused-ring (bicyclic) bond motifs is 1. The van der Waals surface area contributed by atoms with Crippen LogP contribution in [0, 0.1) is 0 Å². The maximum absolute atomic E-state index is 12.5. The molecule has 0 bridgehead atoms. The summed E-state index contributed by atoms with van der Waals surface area (Å²) in [5, 5.41) is 1.31. The van der Waals surface area contributed by atoms with E-state index in [0.29, 0.717) is 10.9 Å². The molecule has 4 heteroatoms. The lowest BCUT2D eigenvalue weighted by Crippen LogP contribution is -2.36. The number of likely N-dealkylation sites (tertiary alicyclic amines) is 1. The lowest BCUT2D eigenvalue weighted by molar-refractivity contribution is 0.0726. The standard InChI is InChI=1S/C15H16N2O2/c18-14-12-7-3-2-6-11(12)13(10-16-14)15(19)17-8-4-1-5-9-17/h2-3,6-7,10H,1,4-5,8-9H2,(H,16,18). The molecule has 1 aromatic heterocycles. The molecule has 98 valence electrons. The Labute approximate surface area is 111 Å². The van der Waals surface area contributed by atoms with Crippen LogP contribution in [0.15, 0.2) is 35.3 Å². The second kappa shape index (κ2) is 4.88. The number of aromatic amines is 1. The second-order valence-corrected chi connectivity index (χ2v) is 4.93. The van der Waals surface area contributed by atoms with Gasteiger partial charge in [-0.1, -0.05) is 18.2 Å². The lowest BCUT2D eigenvalue weighted by Gasteiger charge is -2.27. The van der Waals surface area contributed by atoms with Gasteiger partial charge < -0.3 is 9.88 Å². The SMILES string of the molecule is O=C(c1c[nH]c(=O)c2ccccc12)N1CCCCC1. The van der Waals surface area contributed by atoms with Crippen molar-refractivity contribution in [2.75, 3.05) is 13.1 Å². The van der Waals surface area contributed by atoms with E-state index in [1.54, 1.807) is 12.3 Å². The minimum atomic E-state index is -0.147. The molecule has 1 N–H and O–H groups in total. The van der Waals surface area contributed by atoms with Crippen LogP contribution in [0.5, 0.6) is 0 Å². The summed E-state index contributed by atoms with van der Waals surface area (Å²) < 4.78 is 0. The van der Waals surface area contributed by atoms with E-state index in [4.69, 9.17) is 0 Å². The summed E-state index contributed by atoms with van der Waals surface area (Å²) in [6.45, 7) is 1.62. The largest absolute Gasteiger partial charge is 0.339 e. The van der Waals surface area contributed by atoms with Crippen LogP contribution < -0.4 is 5.56 Å². The summed E-state index contributed by atoms with van der Waals surface area (Å²) in [5.41, 5.74) is 0.447. The number of carbonyl (C=O) groups excluding carboxylic acids is 1. The van der Waals surface area contributed by atoms with Gasteiger partial charge in [-0.05, 0) is 25.3 Å². The van der Waals surface area contributed by atoms with Crippen molar-refractivity contribution in [1.29, 1.82) is 0 Å². The number of benzene rings is 1. The molecule has 1 fully saturated rings. The fourth-order valence-corrected chi connectivity index (χ4v) is 2.65. The van der Waals surface area contributed by atoms with E-state index in [0.717, 1.165) is 31.3 Å². The first-order chi connectivity index (χ1) is 9.27. The van der Waals surface area contributed by atoms with Gasteiger partial charge in [0.1, 0.15) is 0 Å². The number of nitrogens with one attached hydrogen (secondary N) is 1. The number of hydrogen-bond acceptors (Lipinski definition) is 2. The highest BCUT2D eigenvalue weighted by molar-refractivity contribution is 6.06. The molecule has 2 heterocycles. The first-order valence-electron chi connectivity index (χ1n) is 6.67. The molecule has 0 saturated carbocycles. The molecule has 1 aliphatic heterocycles. The van der Waals surface area contributed by atoms with E-state index >= 15 is 0 Å². The number of H-pyrrole nitrogens is 1. The zero-order chi connectivity index (χ0) is 13.2. The van der Waals surface area contributed by atoms with E-state index in [1.165, 1.54) is 6.42 Å². The summed E-state index contributed by atoms with van der Waals surface area (Å²) in [5.74, 6) is 0.0205. The van der Waals surface area contributed by atoms with Gasteiger partial charge in [0.15, 0.2) is 0 Å². The van der Waals surface area contributed by atoms with Crippen LogP contribution in [0.25, 0.3) is 10.8 Å². The molecule has 3 rings (SSSR count). The Balaban J connectivity index is 2.07. The van der Waals surface area contributed by atoms with Crippen LogP contribution in [0.3, 0.4) is 0 Å². The molecule has 2 aromatic rings.